The number of aromatic nitrogens is 1. The minimum Gasteiger partial charge on any atom is -0.441 e. The van der Waals surface area contributed by atoms with Crippen LogP contribution in [0.5, 0.6) is 0 Å². The monoisotopic (exact) mass is 360 g/mol. The van der Waals surface area contributed by atoms with Crippen LogP contribution in [0.25, 0.3) is 11.3 Å². The molecule has 2 aromatic carbocycles. The van der Waals surface area contributed by atoms with Crippen LogP contribution in [-0.2, 0) is 16.8 Å². The molecule has 27 heavy (non-hydrogen) atoms. The van der Waals surface area contributed by atoms with Gasteiger partial charge in [-0.25, -0.2) is 4.98 Å². The number of oxazole rings is 1. The van der Waals surface area contributed by atoms with Gasteiger partial charge in [-0.3, -0.25) is 4.79 Å². The van der Waals surface area contributed by atoms with E-state index in [1.165, 1.54) is 11.1 Å². The van der Waals surface area contributed by atoms with Gasteiger partial charge in [0.05, 0.1) is 11.7 Å². The van der Waals surface area contributed by atoms with Crippen LogP contribution in [0.4, 0.5) is 0 Å². The second-order valence-corrected chi connectivity index (χ2v) is 7.33. The number of nitrogens with zero attached hydrogens (tertiary/aromatic N) is 1. The van der Waals surface area contributed by atoms with Gasteiger partial charge in [-0.2, -0.15) is 0 Å². The molecule has 1 heterocycles. The van der Waals surface area contributed by atoms with Crippen molar-refractivity contribution in [2.24, 2.45) is 0 Å². The average Bonchev–Trinajstić information content (AvgIpc) is 3.13. The van der Waals surface area contributed by atoms with Gasteiger partial charge < -0.3 is 9.73 Å². The molecule has 1 aromatic heterocycles. The number of carbonyl (C=O) groups excluding carboxylic acids is 1. The van der Waals surface area contributed by atoms with E-state index in [1.54, 1.807) is 6.20 Å². The molecule has 0 radical (unpaired) electrons. The number of hydrogen-bond acceptors (Lipinski definition) is 3. The summed E-state index contributed by atoms with van der Waals surface area (Å²) >= 11 is 0. The van der Waals surface area contributed by atoms with Crippen LogP contribution in [0.15, 0.2) is 65.2 Å². The van der Waals surface area contributed by atoms with Crippen LogP contribution < -0.4 is 5.32 Å². The van der Waals surface area contributed by atoms with Crippen molar-refractivity contribution in [2.45, 2.75) is 44.6 Å². The fourth-order valence-electron chi connectivity index (χ4n) is 3.60. The summed E-state index contributed by atoms with van der Waals surface area (Å²) in [7, 11) is 0. The zero-order valence-electron chi connectivity index (χ0n) is 15.6. The maximum Gasteiger partial charge on any atom is 0.221 e. The van der Waals surface area contributed by atoms with Crippen molar-refractivity contribution in [1.29, 1.82) is 0 Å². The molecule has 0 aliphatic heterocycles. The Morgan fingerprint density at radius 1 is 1.11 bits per heavy atom. The third kappa shape index (κ3) is 3.80. The summed E-state index contributed by atoms with van der Waals surface area (Å²) in [4.78, 5) is 16.9. The molecule has 4 nitrogen and oxygen atoms in total. The van der Waals surface area contributed by atoms with Gasteiger partial charge in [-0.1, -0.05) is 60.2 Å². The molecule has 1 saturated carbocycles. The highest BCUT2D eigenvalue weighted by molar-refractivity contribution is 5.77. The van der Waals surface area contributed by atoms with Crippen LogP contribution in [0, 0.1) is 6.92 Å². The van der Waals surface area contributed by atoms with Gasteiger partial charge in [-0.05, 0) is 31.7 Å². The molecule has 1 N–H and O–H groups in total. The SMILES string of the molecule is Cc1ccc(-c2cnc(CCC(=O)NC3(c4ccccc4)CCC3)o2)cc1. The largest absolute Gasteiger partial charge is 0.441 e. The van der Waals surface area contributed by atoms with Gasteiger partial charge in [0.2, 0.25) is 5.91 Å². The van der Waals surface area contributed by atoms with E-state index < -0.39 is 0 Å². The van der Waals surface area contributed by atoms with E-state index in [-0.39, 0.29) is 11.4 Å². The smallest absolute Gasteiger partial charge is 0.221 e. The van der Waals surface area contributed by atoms with Crippen molar-refractivity contribution < 1.29 is 9.21 Å². The predicted octanol–water partition coefficient (Wildman–Crippen LogP) is 4.78. The maximum atomic E-state index is 12.5. The molecule has 1 fully saturated rings. The van der Waals surface area contributed by atoms with Crippen LogP contribution >= 0.6 is 0 Å². The number of hydrogen-bond donors (Lipinski definition) is 1. The van der Waals surface area contributed by atoms with Crippen LogP contribution in [0.2, 0.25) is 0 Å². The number of carbonyl (C=O) groups is 1. The lowest BCUT2D eigenvalue weighted by Gasteiger charge is -2.43. The normalized spacial score (nSPS) is 15.1. The van der Waals surface area contributed by atoms with Crippen molar-refractivity contribution in [3.05, 3.63) is 77.8 Å². The predicted molar refractivity (Wildman–Crippen MR) is 105 cm³/mol. The maximum absolute atomic E-state index is 12.5. The molecule has 4 rings (SSSR count). The van der Waals surface area contributed by atoms with Crippen molar-refractivity contribution in [3.8, 4) is 11.3 Å². The molecule has 0 bridgehead atoms. The Hall–Kier alpha value is -2.88. The summed E-state index contributed by atoms with van der Waals surface area (Å²) in [6.45, 7) is 2.05. The van der Waals surface area contributed by atoms with E-state index in [1.807, 2.05) is 42.5 Å². The number of aryl methyl sites for hydroxylation is 2. The Morgan fingerprint density at radius 3 is 2.52 bits per heavy atom. The lowest BCUT2D eigenvalue weighted by molar-refractivity contribution is -0.124. The third-order valence-electron chi connectivity index (χ3n) is 5.37. The van der Waals surface area contributed by atoms with Crippen molar-refractivity contribution in [1.82, 2.24) is 10.3 Å². The van der Waals surface area contributed by atoms with Gasteiger partial charge >= 0.3 is 0 Å². The number of rotatable bonds is 6. The first-order valence-corrected chi connectivity index (χ1v) is 9.53. The molecular formula is C23H24N2O2. The zero-order chi connectivity index (χ0) is 18.7. The first-order chi connectivity index (χ1) is 13.1. The highest BCUT2D eigenvalue weighted by atomic mass is 16.4. The first-order valence-electron chi connectivity index (χ1n) is 9.53. The van der Waals surface area contributed by atoms with Gasteiger partial charge in [0.25, 0.3) is 0 Å². The van der Waals surface area contributed by atoms with Gasteiger partial charge in [0, 0.05) is 18.4 Å². The van der Waals surface area contributed by atoms with E-state index in [0.29, 0.717) is 18.7 Å². The van der Waals surface area contributed by atoms with Crippen molar-refractivity contribution in [3.63, 3.8) is 0 Å². The molecule has 4 heteroatoms. The molecule has 138 valence electrons. The summed E-state index contributed by atoms with van der Waals surface area (Å²) in [5.41, 5.74) is 3.21. The molecule has 3 aromatic rings. The van der Waals surface area contributed by atoms with Gasteiger partial charge in [0.15, 0.2) is 11.7 Å². The third-order valence-corrected chi connectivity index (χ3v) is 5.37. The Bertz CT molecular complexity index is 909. The van der Waals surface area contributed by atoms with E-state index in [2.05, 4.69) is 29.4 Å². The molecule has 0 spiro atoms. The number of benzene rings is 2. The van der Waals surface area contributed by atoms with Crippen molar-refractivity contribution >= 4 is 5.91 Å². The second kappa shape index (κ2) is 7.39. The average molecular weight is 360 g/mol. The Labute approximate surface area is 159 Å². The molecule has 0 unspecified atom stereocenters. The summed E-state index contributed by atoms with van der Waals surface area (Å²) in [6.07, 6.45) is 5.76. The second-order valence-electron chi connectivity index (χ2n) is 7.33. The summed E-state index contributed by atoms with van der Waals surface area (Å²) < 4.78 is 5.82. The zero-order valence-corrected chi connectivity index (χ0v) is 15.6. The standard InChI is InChI=1S/C23H24N2O2/c1-17-8-10-18(11-9-17)20-16-24-22(27-20)13-12-21(26)25-23(14-5-15-23)19-6-3-2-4-7-19/h2-4,6-11,16H,5,12-15H2,1H3,(H,25,26). The fourth-order valence-corrected chi connectivity index (χ4v) is 3.60. The Morgan fingerprint density at radius 2 is 1.85 bits per heavy atom. The number of nitrogens with one attached hydrogen (secondary N) is 1. The lowest BCUT2D eigenvalue weighted by Crippen LogP contribution is -2.50. The molecular weight excluding hydrogens is 336 g/mol. The summed E-state index contributed by atoms with van der Waals surface area (Å²) in [6, 6.07) is 18.4. The van der Waals surface area contributed by atoms with E-state index in [0.717, 1.165) is 30.6 Å². The van der Waals surface area contributed by atoms with Crippen molar-refractivity contribution in [2.75, 3.05) is 0 Å². The van der Waals surface area contributed by atoms with E-state index in [4.69, 9.17) is 4.42 Å². The van der Waals surface area contributed by atoms with Crippen LogP contribution in [0.1, 0.15) is 42.7 Å². The van der Waals surface area contributed by atoms with Crippen LogP contribution in [0.3, 0.4) is 0 Å². The van der Waals surface area contributed by atoms with E-state index in [9.17, 15) is 4.79 Å². The summed E-state index contributed by atoms with van der Waals surface area (Å²) in [5, 5.41) is 3.25. The van der Waals surface area contributed by atoms with E-state index >= 15 is 0 Å². The molecule has 1 amide bonds. The fraction of sp³-hybridized carbons (Fsp3) is 0.304. The molecule has 1 aliphatic rings. The minimum absolute atomic E-state index is 0.0497. The topological polar surface area (TPSA) is 55.1 Å². The lowest BCUT2D eigenvalue weighted by atomic mass is 9.71. The van der Waals surface area contributed by atoms with Gasteiger partial charge in [-0.15, -0.1) is 0 Å². The summed E-state index contributed by atoms with van der Waals surface area (Å²) in [5.74, 6) is 1.39. The van der Waals surface area contributed by atoms with Crippen LogP contribution in [-0.4, -0.2) is 10.9 Å². The quantitative estimate of drug-likeness (QED) is 0.688. The molecule has 0 atom stereocenters. The molecule has 1 aliphatic carbocycles. The molecule has 0 saturated heterocycles. The Kier molecular flexibility index (Phi) is 4.80. The highest BCUT2D eigenvalue weighted by Gasteiger charge is 2.39. The number of amides is 1. The minimum atomic E-state index is -0.192. The Balaban J connectivity index is 1.36. The highest BCUT2D eigenvalue weighted by Crippen LogP contribution is 2.41. The first kappa shape index (κ1) is 17.5. The van der Waals surface area contributed by atoms with Gasteiger partial charge in [0.1, 0.15) is 0 Å².